The van der Waals surface area contributed by atoms with Crippen LogP contribution in [0.15, 0.2) is 65.4 Å². The van der Waals surface area contributed by atoms with E-state index in [1.807, 2.05) is 22.9 Å². The maximum Gasteiger partial charge on any atom is 0.133 e. The normalized spacial score (nSPS) is 21.6. The molecule has 2 unspecified atom stereocenters. The van der Waals surface area contributed by atoms with E-state index in [0.29, 0.717) is 17.6 Å². The molecule has 1 fully saturated rings. The Kier molecular flexibility index (Phi) is 4.31. The fourth-order valence-electron chi connectivity index (χ4n) is 3.87. The maximum atomic E-state index is 11.8. The van der Waals surface area contributed by atoms with Gasteiger partial charge in [-0.1, -0.05) is 60.7 Å². The maximum absolute atomic E-state index is 11.8. The predicted molar refractivity (Wildman–Crippen MR) is 102 cm³/mol. The van der Waals surface area contributed by atoms with Gasteiger partial charge in [0.15, 0.2) is 0 Å². The van der Waals surface area contributed by atoms with E-state index in [-0.39, 0.29) is 0 Å². The van der Waals surface area contributed by atoms with Crippen molar-refractivity contribution in [3.05, 3.63) is 76.5 Å². The van der Waals surface area contributed by atoms with Gasteiger partial charge in [-0.3, -0.25) is 4.79 Å². The van der Waals surface area contributed by atoms with Crippen LogP contribution in [0.25, 0.3) is 16.8 Å². The van der Waals surface area contributed by atoms with Crippen LogP contribution >= 0.6 is 11.3 Å². The van der Waals surface area contributed by atoms with Crippen LogP contribution in [0.5, 0.6) is 0 Å². The monoisotopic (exact) mass is 332 g/mol. The van der Waals surface area contributed by atoms with Crippen molar-refractivity contribution in [3.8, 4) is 0 Å². The first kappa shape index (κ1) is 15.3. The van der Waals surface area contributed by atoms with Gasteiger partial charge in [0, 0.05) is 12.8 Å². The van der Waals surface area contributed by atoms with Crippen molar-refractivity contribution in [2.75, 3.05) is 0 Å². The molecule has 2 aliphatic rings. The minimum atomic E-state index is 0.408. The number of hydrogen-bond acceptors (Lipinski definition) is 2. The fraction of sp³-hybridized carbons (Fsp3) is 0.227. The van der Waals surface area contributed by atoms with Crippen LogP contribution in [0.2, 0.25) is 0 Å². The molecule has 1 nitrogen and oxygen atoms in total. The van der Waals surface area contributed by atoms with Crippen molar-refractivity contribution in [1.82, 2.24) is 0 Å². The molecule has 120 valence electrons. The lowest BCUT2D eigenvalue weighted by Gasteiger charge is -2.33. The van der Waals surface area contributed by atoms with E-state index < -0.39 is 0 Å². The molecule has 0 spiro atoms. The second-order valence-corrected chi connectivity index (χ2v) is 7.31. The van der Waals surface area contributed by atoms with Crippen LogP contribution in [0.4, 0.5) is 0 Å². The molecular formula is C22H20OS. The van der Waals surface area contributed by atoms with Gasteiger partial charge in [-0.2, -0.15) is 11.3 Å². The fourth-order valence-corrected chi connectivity index (χ4v) is 4.32. The number of benzene rings is 2. The number of thiophene rings is 1. The molecule has 2 aromatic carbocycles. The first-order valence-electron chi connectivity index (χ1n) is 8.51. The second-order valence-electron chi connectivity index (χ2n) is 6.49. The quantitative estimate of drug-likeness (QED) is 0.488. The molecule has 1 saturated carbocycles. The van der Waals surface area contributed by atoms with Gasteiger partial charge in [0.1, 0.15) is 5.78 Å². The molecule has 2 atom stereocenters. The first-order chi connectivity index (χ1) is 11.8. The van der Waals surface area contributed by atoms with E-state index in [4.69, 9.17) is 0 Å². The highest BCUT2D eigenvalue weighted by Crippen LogP contribution is 2.44. The zero-order valence-electron chi connectivity index (χ0n) is 13.5. The largest absolute Gasteiger partial charge is 0.300 e. The van der Waals surface area contributed by atoms with Crippen LogP contribution < -0.4 is 0 Å². The highest BCUT2D eigenvalue weighted by Gasteiger charge is 2.32. The third-order valence-electron chi connectivity index (χ3n) is 5.06. The summed E-state index contributed by atoms with van der Waals surface area (Å²) in [7, 11) is 0. The summed E-state index contributed by atoms with van der Waals surface area (Å²) >= 11 is 1.71. The lowest BCUT2D eigenvalue weighted by Crippen LogP contribution is -2.24. The molecule has 2 aliphatic carbocycles. The average molecular weight is 332 g/mol. The molecule has 3 aromatic rings. The first-order valence-corrected chi connectivity index (χ1v) is 9.46. The van der Waals surface area contributed by atoms with Crippen LogP contribution in [0.1, 0.15) is 36.3 Å². The van der Waals surface area contributed by atoms with Gasteiger partial charge in [0.2, 0.25) is 0 Å². The summed E-state index contributed by atoms with van der Waals surface area (Å²) < 4.78 is 0. The molecule has 0 saturated heterocycles. The third kappa shape index (κ3) is 2.94. The van der Waals surface area contributed by atoms with E-state index in [1.165, 1.54) is 21.9 Å². The van der Waals surface area contributed by atoms with Crippen molar-refractivity contribution >= 4 is 34.0 Å². The third-order valence-corrected chi connectivity index (χ3v) is 5.69. The predicted octanol–water partition coefficient (Wildman–Crippen LogP) is 6.07. The van der Waals surface area contributed by atoms with Crippen molar-refractivity contribution < 1.29 is 4.79 Å². The van der Waals surface area contributed by atoms with Gasteiger partial charge in [0.05, 0.1) is 0 Å². The van der Waals surface area contributed by atoms with E-state index in [1.54, 1.807) is 11.3 Å². The summed E-state index contributed by atoms with van der Waals surface area (Å²) in [5, 5.41) is 6.68. The van der Waals surface area contributed by atoms with Crippen molar-refractivity contribution in [2.24, 2.45) is 5.92 Å². The van der Waals surface area contributed by atoms with Crippen LogP contribution in [-0.4, -0.2) is 5.78 Å². The average Bonchev–Trinajstić information content (AvgIpc) is 3.21. The Balaban J connectivity index is 0.000000252. The van der Waals surface area contributed by atoms with Gasteiger partial charge in [-0.25, -0.2) is 0 Å². The molecule has 2 heteroatoms. The van der Waals surface area contributed by atoms with Crippen molar-refractivity contribution in [2.45, 2.75) is 25.2 Å². The molecule has 0 bridgehead atoms. The lowest BCUT2D eigenvalue weighted by molar-refractivity contribution is -0.121. The molecule has 1 heterocycles. The standard InChI is InChI=1S/C18H16O.C4H4S/c19-14-8-5-13-7-9-16-15-4-2-1-3-12(15)6-10-17(16)18(13)11-14;1-2-4-5-3-1/h1-4,6-7,9-10,13,18H,5,8,11H2;1-4H. The number of fused-ring (bicyclic) bond motifs is 5. The van der Waals surface area contributed by atoms with E-state index in [0.717, 1.165) is 19.3 Å². The zero-order chi connectivity index (χ0) is 16.4. The van der Waals surface area contributed by atoms with Gasteiger partial charge in [0.25, 0.3) is 0 Å². The Hall–Kier alpha value is -2.19. The number of ketones is 1. The Morgan fingerprint density at radius 2 is 1.79 bits per heavy atom. The molecule has 0 N–H and O–H groups in total. The number of rotatable bonds is 0. The van der Waals surface area contributed by atoms with E-state index in [2.05, 4.69) is 48.6 Å². The SMILES string of the molecule is O=C1CCC2C=Cc3c(ccc4ccccc34)C2C1.c1ccsc1. The summed E-state index contributed by atoms with van der Waals surface area (Å²) in [6.07, 6.45) is 7.10. The molecule has 5 rings (SSSR count). The number of carbonyl (C=O) groups is 1. The summed E-state index contributed by atoms with van der Waals surface area (Å²) in [6.45, 7) is 0. The number of hydrogen-bond donors (Lipinski definition) is 0. The van der Waals surface area contributed by atoms with Gasteiger partial charge in [-0.05, 0) is 50.9 Å². The molecule has 1 aromatic heterocycles. The Bertz CT molecular complexity index is 859. The smallest absolute Gasteiger partial charge is 0.133 e. The second kappa shape index (κ2) is 6.74. The highest BCUT2D eigenvalue weighted by molar-refractivity contribution is 7.07. The van der Waals surface area contributed by atoms with Crippen LogP contribution in [-0.2, 0) is 4.79 Å². The number of Topliss-reactive ketones (excluding diaryl/α,β-unsaturated/α-hetero) is 1. The van der Waals surface area contributed by atoms with Gasteiger partial charge < -0.3 is 0 Å². The molecule has 0 aliphatic heterocycles. The molecule has 0 amide bonds. The Morgan fingerprint density at radius 1 is 0.958 bits per heavy atom. The molecular weight excluding hydrogens is 312 g/mol. The Labute approximate surface area is 146 Å². The highest BCUT2D eigenvalue weighted by atomic mass is 32.1. The lowest BCUT2D eigenvalue weighted by atomic mass is 9.70. The summed E-state index contributed by atoms with van der Waals surface area (Å²) in [5.74, 6) is 1.40. The molecule has 24 heavy (non-hydrogen) atoms. The van der Waals surface area contributed by atoms with Crippen LogP contribution in [0.3, 0.4) is 0 Å². The van der Waals surface area contributed by atoms with Crippen LogP contribution in [0, 0.1) is 5.92 Å². The van der Waals surface area contributed by atoms with Gasteiger partial charge in [-0.15, -0.1) is 0 Å². The molecule has 0 radical (unpaired) electrons. The van der Waals surface area contributed by atoms with Crippen molar-refractivity contribution in [1.29, 1.82) is 0 Å². The number of carbonyl (C=O) groups excluding carboxylic acids is 1. The zero-order valence-corrected chi connectivity index (χ0v) is 14.3. The summed E-state index contributed by atoms with van der Waals surface area (Å²) in [5.41, 5.74) is 2.70. The van der Waals surface area contributed by atoms with Gasteiger partial charge >= 0.3 is 0 Å². The van der Waals surface area contributed by atoms with E-state index in [9.17, 15) is 4.79 Å². The summed E-state index contributed by atoms with van der Waals surface area (Å²) in [4.78, 5) is 11.8. The van der Waals surface area contributed by atoms with Crippen molar-refractivity contribution in [3.63, 3.8) is 0 Å². The van der Waals surface area contributed by atoms with E-state index >= 15 is 0 Å². The summed E-state index contributed by atoms with van der Waals surface area (Å²) in [6, 6.07) is 17.0. The topological polar surface area (TPSA) is 17.1 Å². The minimum Gasteiger partial charge on any atom is -0.300 e. The minimum absolute atomic E-state index is 0.408. The Morgan fingerprint density at radius 3 is 2.58 bits per heavy atom. The number of allylic oxidation sites excluding steroid dienone is 1.